The molecule has 168 valence electrons. The first-order valence-corrected chi connectivity index (χ1v) is 10.1. The van der Waals surface area contributed by atoms with Gasteiger partial charge in [0.2, 0.25) is 11.7 Å². The lowest BCUT2D eigenvalue weighted by Gasteiger charge is -2.34. The molecule has 1 fully saturated rings. The minimum absolute atomic E-state index is 0.244. The Morgan fingerprint density at radius 2 is 1.69 bits per heavy atom. The second-order valence-electron chi connectivity index (χ2n) is 7.16. The summed E-state index contributed by atoms with van der Waals surface area (Å²) in [5.74, 6) is 0.334. The molecule has 2 heterocycles. The predicted molar refractivity (Wildman–Crippen MR) is 109 cm³/mol. The summed E-state index contributed by atoms with van der Waals surface area (Å²) in [5, 5.41) is 4.61. The van der Waals surface area contributed by atoms with E-state index in [2.05, 4.69) is 19.8 Å². The molecule has 1 aliphatic heterocycles. The fourth-order valence-corrected chi connectivity index (χ4v) is 3.44. The maximum atomic E-state index is 12.6. The van der Waals surface area contributed by atoms with Crippen molar-refractivity contribution >= 4 is 17.5 Å². The molecule has 0 radical (unpaired) electrons. The van der Waals surface area contributed by atoms with Gasteiger partial charge in [0, 0.05) is 42.3 Å². The van der Waals surface area contributed by atoms with Crippen LogP contribution in [-0.4, -0.2) is 58.4 Å². The largest absolute Gasteiger partial charge is 0.573 e. The van der Waals surface area contributed by atoms with E-state index in [1.807, 2.05) is 12.1 Å². The lowest BCUT2D eigenvalue weighted by atomic mass is 10.1. The smallest absolute Gasteiger partial charge is 0.406 e. The van der Waals surface area contributed by atoms with Crippen molar-refractivity contribution in [2.75, 3.05) is 26.2 Å². The van der Waals surface area contributed by atoms with Gasteiger partial charge in [-0.05, 0) is 48.5 Å². The Balaban J connectivity index is 1.29. The molecule has 0 N–H and O–H groups in total. The molecule has 11 heteroatoms. The summed E-state index contributed by atoms with van der Waals surface area (Å²) >= 11 is 5.89. The molecule has 0 saturated carbocycles. The molecule has 3 aromatic rings. The Morgan fingerprint density at radius 3 is 2.31 bits per heavy atom. The number of carbonyl (C=O) groups is 1. The van der Waals surface area contributed by atoms with Crippen LogP contribution in [0.3, 0.4) is 0 Å². The van der Waals surface area contributed by atoms with E-state index >= 15 is 0 Å². The Morgan fingerprint density at radius 1 is 1.03 bits per heavy atom. The van der Waals surface area contributed by atoms with Gasteiger partial charge in [-0.15, -0.1) is 13.2 Å². The summed E-state index contributed by atoms with van der Waals surface area (Å²) in [6, 6.07) is 12.0. The minimum Gasteiger partial charge on any atom is -0.406 e. The van der Waals surface area contributed by atoms with E-state index in [4.69, 9.17) is 16.1 Å². The number of carbonyl (C=O) groups excluding carboxylic acids is 1. The average Bonchev–Trinajstić information content (AvgIpc) is 3.22. The second kappa shape index (κ2) is 9.17. The first-order valence-electron chi connectivity index (χ1n) is 9.73. The normalized spacial score (nSPS) is 15.1. The van der Waals surface area contributed by atoms with Gasteiger partial charge in [-0.3, -0.25) is 9.69 Å². The van der Waals surface area contributed by atoms with Gasteiger partial charge in [0.1, 0.15) is 5.75 Å². The number of hydrogen-bond acceptors (Lipinski definition) is 6. The van der Waals surface area contributed by atoms with Crippen molar-refractivity contribution in [3.63, 3.8) is 0 Å². The molecule has 0 spiro atoms. The Labute approximate surface area is 186 Å². The molecule has 1 aliphatic rings. The van der Waals surface area contributed by atoms with Crippen molar-refractivity contribution in [2.24, 2.45) is 0 Å². The van der Waals surface area contributed by atoms with Crippen LogP contribution >= 0.6 is 11.6 Å². The third-order valence-electron chi connectivity index (χ3n) is 4.92. The Hall–Kier alpha value is -3.11. The molecule has 7 nitrogen and oxygen atoms in total. The van der Waals surface area contributed by atoms with Crippen molar-refractivity contribution in [1.29, 1.82) is 0 Å². The molecule has 4 rings (SSSR count). The fraction of sp³-hybridized carbons (Fsp3) is 0.286. The Bertz CT molecular complexity index is 1060. The van der Waals surface area contributed by atoms with E-state index in [0.29, 0.717) is 55.0 Å². The minimum atomic E-state index is -4.77. The average molecular weight is 467 g/mol. The zero-order chi connectivity index (χ0) is 22.7. The van der Waals surface area contributed by atoms with Crippen molar-refractivity contribution in [1.82, 2.24) is 19.9 Å². The van der Waals surface area contributed by atoms with Crippen LogP contribution in [0.15, 0.2) is 53.1 Å². The number of rotatable bonds is 5. The molecule has 2 aromatic carbocycles. The molecule has 1 amide bonds. The van der Waals surface area contributed by atoms with Crippen LogP contribution in [0, 0.1) is 0 Å². The topological polar surface area (TPSA) is 71.7 Å². The van der Waals surface area contributed by atoms with Crippen LogP contribution in [0.25, 0.3) is 11.4 Å². The van der Waals surface area contributed by atoms with Crippen molar-refractivity contribution in [3.8, 4) is 17.1 Å². The van der Waals surface area contributed by atoms with Crippen molar-refractivity contribution in [2.45, 2.75) is 12.9 Å². The number of piperazine rings is 1. The van der Waals surface area contributed by atoms with Crippen molar-refractivity contribution in [3.05, 3.63) is 65.0 Å². The summed E-state index contributed by atoms with van der Waals surface area (Å²) in [7, 11) is 0. The monoisotopic (exact) mass is 466 g/mol. The highest BCUT2D eigenvalue weighted by Crippen LogP contribution is 2.23. The van der Waals surface area contributed by atoms with Gasteiger partial charge in [-0.1, -0.05) is 16.8 Å². The lowest BCUT2D eigenvalue weighted by Crippen LogP contribution is -2.48. The summed E-state index contributed by atoms with van der Waals surface area (Å²) < 4.78 is 46.0. The van der Waals surface area contributed by atoms with Gasteiger partial charge in [-0.25, -0.2) is 0 Å². The SMILES string of the molecule is O=C(c1ccc(OC(F)(F)F)cc1)N1CCN(Cc2nc(-c3ccc(Cl)cc3)no2)CC1. The molecule has 0 atom stereocenters. The third kappa shape index (κ3) is 5.57. The van der Waals surface area contributed by atoms with Crippen LogP contribution in [0.2, 0.25) is 5.02 Å². The highest BCUT2D eigenvalue weighted by molar-refractivity contribution is 6.30. The standard InChI is InChI=1S/C21H18ClF3N4O3/c22-16-5-1-14(2-6-16)19-26-18(32-27-19)13-28-9-11-29(12-10-28)20(30)15-3-7-17(8-4-15)31-21(23,24)25/h1-8H,9-13H2. The summed E-state index contributed by atoms with van der Waals surface area (Å²) in [6.45, 7) is 2.58. The number of ether oxygens (including phenoxy) is 1. The summed E-state index contributed by atoms with van der Waals surface area (Å²) in [6.07, 6.45) is -4.77. The molecule has 0 unspecified atom stereocenters. The molecule has 0 bridgehead atoms. The maximum Gasteiger partial charge on any atom is 0.573 e. The van der Waals surface area contributed by atoms with Crippen LogP contribution in [0.1, 0.15) is 16.2 Å². The maximum absolute atomic E-state index is 12.6. The zero-order valence-corrected chi connectivity index (χ0v) is 17.4. The van der Waals surface area contributed by atoms with Gasteiger partial charge < -0.3 is 14.2 Å². The van der Waals surface area contributed by atoms with Gasteiger partial charge in [0.05, 0.1) is 6.54 Å². The van der Waals surface area contributed by atoms with Crippen LogP contribution in [-0.2, 0) is 6.54 Å². The van der Waals surface area contributed by atoms with Crippen LogP contribution < -0.4 is 4.74 Å². The quantitative estimate of drug-likeness (QED) is 0.560. The number of hydrogen-bond donors (Lipinski definition) is 0. The van der Waals surface area contributed by atoms with Gasteiger partial charge in [-0.2, -0.15) is 4.98 Å². The summed E-state index contributed by atoms with van der Waals surface area (Å²) in [5.41, 5.74) is 1.10. The fourth-order valence-electron chi connectivity index (χ4n) is 3.32. The number of nitrogens with zero attached hydrogens (tertiary/aromatic N) is 4. The van der Waals surface area contributed by atoms with E-state index < -0.39 is 6.36 Å². The van der Waals surface area contributed by atoms with E-state index in [1.165, 1.54) is 12.1 Å². The van der Waals surface area contributed by atoms with E-state index in [0.717, 1.165) is 17.7 Å². The van der Waals surface area contributed by atoms with Crippen molar-refractivity contribution < 1.29 is 27.2 Å². The second-order valence-corrected chi connectivity index (χ2v) is 7.60. The molecule has 0 aliphatic carbocycles. The first-order chi connectivity index (χ1) is 15.3. The van der Waals surface area contributed by atoms with Gasteiger partial charge in [0.25, 0.3) is 5.91 Å². The van der Waals surface area contributed by atoms with Crippen LogP contribution in [0.4, 0.5) is 13.2 Å². The Kier molecular flexibility index (Phi) is 6.33. The van der Waals surface area contributed by atoms with Gasteiger partial charge >= 0.3 is 6.36 Å². The number of alkyl halides is 3. The molecular formula is C21H18ClF3N4O3. The van der Waals surface area contributed by atoms with E-state index in [1.54, 1.807) is 17.0 Å². The molecule has 1 aromatic heterocycles. The predicted octanol–water partition coefficient (Wildman–Crippen LogP) is 4.25. The summed E-state index contributed by atoms with van der Waals surface area (Å²) in [4.78, 5) is 20.8. The highest BCUT2D eigenvalue weighted by atomic mass is 35.5. The lowest BCUT2D eigenvalue weighted by molar-refractivity contribution is -0.274. The zero-order valence-electron chi connectivity index (χ0n) is 16.7. The third-order valence-corrected chi connectivity index (χ3v) is 5.18. The molecule has 32 heavy (non-hydrogen) atoms. The van der Waals surface area contributed by atoms with E-state index in [-0.39, 0.29) is 11.7 Å². The van der Waals surface area contributed by atoms with Crippen LogP contribution in [0.5, 0.6) is 5.75 Å². The molecule has 1 saturated heterocycles. The molecular weight excluding hydrogens is 449 g/mol. The van der Waals surface area contributed by atoms with E-state index in [9.17, 15) is 18.0 Å². The first kappa shape index (κ1) is 22.1. The number of aromatic nitrogens is 2. The number of benzene rings is 2. The number of halogens is 4. The van der Waals surface area contributed by atoms with Gasteiger partial charge in [0.15, 0.2) is 0 Å². The number of amides is 1. The highest BCUT2D eigenvalue weighted by Gasteiger charge is 2.31.